The molecule has 3 heterocycles. The Hall–Kier alpha value is -2.27. The molecular formula is C13H9N3OS. The number of hydrogen-bond acceptors (Lipinski definition) is 4. The minimum absolute atomic E-state index is 0.172. The first-order valence-electron chi connectivity index (χ1n) is 5.39. The summed E-state index contributed by atoms with van der Waals surface area (Å²) in [5.41, 5.74) is 1.11. The molecule has 0 bridgehead atoms. The highest BCUT2D eigenvalue weighted by atomic mass is 32.1. The zero-order valence-electron chi connectivity index (χ0n) is 9.33. The van der Waals surface area contributed by atoms with Crippen LogP contribution in [0.1, 0.15) is 0 Å². The molecule has 88 valence electrons. The van der Waals surface area contributed by atoms with Gasteiger partial charge in [0.1, 0.15) is 0 Å². The van der Waals surface area contributed by atoms with Gasteiger partial charge in [0.05, 0.1) is 16.3 Å². The number of aromatic amines is 1. The molecule has 0 atom stereocenters. The topological polar surface area (TPSA) is 58.6 Å². The van der Waals surface area contributed by atoms with Gasteiger partial charge in [-0.3, -0.25) is 9.78 Å². The molecule has 0 unspecified atom stereocenters. The van der Waals surface area contributed by atoms with Crippen LogP contribution >= 0.6 is 11.3 Å². The monoisotopic (exact) mass is 255 g/mol. The van der Waals surface area contributed by atoms with E-state index in [1.54, 1.807) is 6.20 Å². The average Bonchev–Trinajstić information content (AvgIpc) is 2.93. The average molecular weight is 255 g/mol. The van der Waals surface area contributed by atoms with E-state index in [0.717, 1.165) is 4.88 Å². The fourth-order valence-corrected chi connectivity index (χ4v) is 2.30. The van der Waals surface area contributed by atoms with Gasteiger partial charge < -0.3 is 4.98 Å². The summed E-state index contributed by atoms with van der Waals surface area (Å²) < 4.78 is 0. The van der Waals surface area contributed by atoms with Crippen molar-refractivity contribution >= 4 is 11.3 Å². The SMILES string of the molecule is O=c1cc(-c2ccccn2)nc(-c2cccs2)[nH]1. The zero-order valence-corrected chi connectivity index (χ0v) is 10.1. The highest BCUT2D eigenvalue weighted by Gasteiger charge is 2.07. The number of pyridine rings is 1. The first-order chi connectivity index (χ1) is 8.83. The fourth-order valence-electron chi connectivity index (χ4n) is 1.63. The summed E-state index contributed by atoms with van der Waals surface area (Å²) in [5, 5.41) is 1.95. The van der Waals surface area contributed by atoms with E-state index in [0.29, 0.717) is 17.2 Å². The van der Waals surface area contributed by atoms with Gasteiger partial charge in [0.2, 0.25) is 0 Å². The van der Waals surface area contributed by atoms with Crippen LogP contribution in [0.3, 0.4) is 0 Å². The molecule has 0 aromatic carbocycles. The Balaban J connectivity index is 2.15. The molecule has 0 spiro atoms. The van der Waals surface area contributed by atoms with Crippen LogP contribution in [0.4, 0.5) is 0 Å². The molecular weight excluding hydrogens is 246 g/mol. The van der Waals surface area contributed by atoms with Crippen LogP contribution in [0.25, 0.3) is 22.1 Å². The second-order valence-electron chi connectivity index (χ2n) is 3.67. The van der Waals surface area contributed by atoms with Crippen LogP contribution in [0.2, 0.25) is 0 Å². The Kier molecular flexibility index (Phi) is 2.74. The quantitative estimate of drug-likeness (QED) is 0.765. The third-order valence-electron chi connectivity index (χ3n) is 2.42. The largest absolute Gasteiger partial charge is 0.306 e. The van der Waals surface area contributed by atoms with E-state index >= 15 is 0 Å². The smallest absolute Gasteiger partial charge is 0.251 e. The summed E-state index contributed by atoms with van der Waals surface area (Å²) in [7, 11) is 0. The Morgan fingerprint density at radius 2 is 2.06 bits per heavy atom. The summed E-state index contributed by atoms with van der Waals surface area (Å²) in [5.74, 6) is 0.582. The lowest BCUT2D eigenvalue weighted by molar-refractivity contribution is 1.13. The van der Waals surface area contributed by atoms with Gasteiger partial charge in [-0.1, -0.05) is 12.1 Å². The highest BCUT2D eigenvalue weighted by molar-refractivity contribution is 7.13. The van der Waals surface area contributed by atoms with Gasteiger partial charge in [-0.05, 0) is 23.6 Å². The summed E-state index contributed by atoms with van der Waals surface area (Å²) in [6.45, 7) is 0. The van der Waals surface area contributed by atoms with Crippen molar-refractivity contribution in [2.45, 2.75) is 0 Å². The maximum atomic E-state index is 11.7. The summed E-state index contributed by atoms with van der Waals surface area (Å²) in [4.78, 5) is 24.0. The molecule has 0 aliphatic heterocycles. The lowest BCUT2D eigenvalue weighted by Gasteiger charge is -2.01. The molecule has 0 saturated heterocycles. The van der Waals surface area contributed by atoms with E-state index in [-0.39, 0.29) is 5.56 Å². The second kappa shape index (κ2) is 4.54. The molecule has 3 aromatic rings. The Labute approximate surface area is 107 Å². The molecule has 0 radical (unpaired) electrons. The molecule has 0 aliphatic carbocycles. The molecule has 0 aliphatic rings. The van der Waals surface area contributed by atoms with Crippen molar-refractivity contribution in [3.63, 3.8) is 0 Å². The van der Waals surface area contributed by atoms with Gasteiger partial charge in [0.15, 0.2) is 5.82 Å². The van der Waals surface area contributed by atoms with Gasteiger partial charge in [0.25, 0.3) is 5.56 Å². The highest BCUT2D eigenvalue weighted by Crippen LogP contribution is 2.21. The Morgan fingerprint density at radius 1 is 1.11 bits per heavy atom. The van der Waals surface area contributed by atoms with Gasteiger partial charge in [0, 0.05) is 12.3 Å². The molecule has 0 fully saturated rings. The van der Waals surface area contributed by atoms with Gasteiger partial charge in [-0.25, -0.2) is 4.98 Å². The van der Waals surface area contributed by atoms with E-state index < -0.39 is 0 Å². The molecule has 0 amide bonds. The Morgan fingerprint density at radius 3 is 2.78 bits per heavy atom. The third kappa shape index (κ3) is 2.08. The van der Waals surface area contributed by atoms with Crippen LogP contribution in [0.5, 0.6) is 0 Å². The van der Waals surface area contributed by atoms with Crippen molar-refractivity contribution in [3.8, 4) is 22.1 Å². The number of H-pyrrole nitrogens is 1. The number of rotatable bonds is 2. The lowest BCUT2D eigenvalue weighted by atomic mass is 10.2. The van der Waals surface area contributed by atoms with Gasteiger partial charge >= 0.3 is 0 Å². The van der Waals surface area contributed by atoms with Gasteiger partial charge in [-0.15, -0.1) is 11.3 Å². The number of hydrogen-bond donors (Lipinski definition) is 1. The number of nitrogens with zero attached hydrogens (tertiary/aromatic N) is 2. The lowest BCUT2D eigenvalue weighted by Crippen LogP contribution is -2.08. The maximum absolute atomic E-state index is 11.7. The van der Waals surface area contributed by atoms with E-state index in [1.807, 2.05) is 35.7 Å². The van der Waals surface area contributed by atoms with Crippen molar-refractivity contribution in [1.29, 1.82) is 0 Å². The molecule has 5 heteroatoms. The third-order valence-corrected chi connectivity index (χ3v) is 3.30. The minimum atomic E-state index is -0.172. The summed E-state index contributed by atoms with van der Waals surface area (Å²) in [6, 6.07) is 10.8. The van der Waals surface area contributed by atoms with Crippen LogP contribution in [0.15, 0.2) is 52.8 Å². The minimum Gasteiger partial charge on any atom is -0.306 e. The number of aromatic nitrogens is 3. The first kappa shape index (κ1) is 10.9. The Bertz CT molecular complexity index is 705. The van der Waals surface area contributed by atoms with Crippen molar-refractivity contribution in [1.82, 2.24) is 15.0 Å². The molecule has 18 heavy (non-hydrogen) atoms. The first-order valence-corrected chi connectivity index (χ1v) is 6.27. The van der Waals surface area contributed by atoms with Crippen molar-refractivity contribution < 1.29 is 0 Å². The van der Waals surface area contributed by atoms with Crippen LogP contribution in [-0.2, 0) is 0 Å². The normalized spacial score (nSPS) is 10.4. The predicted molar refractivity (Wildman–Crippen MR) is 71.4 cm³/mol. The molecule has 3 rings (SSSR count). The molecule has 3 aromatic heterocycles. The molecule has 0 saturated carbocycles. The molecule has 1 N–H and O–H groups in total. The van der Waals surface area contributed by atoms with Crippen molar-refractivity contribution in [3.05, 3.63) is 58.3 Å². The van der Waals surface area contributed by atoms with E-state index in [2.05, 4.69) is 15.0 Å². The number of nitrogens with one attached hydrogen (secondary N) is 1. The maximum Gasteiger partial charge on any atom is 0.251 e. The zero-order chi connectivity index (χ0) is 12.4. The van der Waals surface area contributed by atoms with Crippen LogP contribution < -0.4 is 5.56 Å². The fraction of sp³-hybridized carbons (Fsp3) is 0. The standard InChI is InChI=1S/C13H9N3OS/c17-12-8-10(9-4-1-2-6-14-9)15-13(16-12)11-5-3-7-18-11/h1-8H,(H,15,16,17). The summed E-state index contributed by atoms with van der Waals surface area (Å²) in [6.07, 6.45) is 1.68. The molecule has 4 nitrogen and oxygen atoms in total. The van der Waals surface area contributed by atoms with Crippen LogP contribution in [-0.4, -0.2) is 15.0 Å². The van der Waals surface area contributed by atoms with Crippen molar-refractivity contribution in [2.75, 3.05) is 0 Å². The second-order valence-corrected chi connectivity index (χ2v) is 4.62. The number of thiophene rings is 1. The van der Waals surface area contributed by atoms with Gasteiger partial charge in [-0.2, -0.15) is 0 Å². The van der Waals surface area contributed by atoms with E-state index in [4.69, 9.17) is 0 Å². The van der Waals surface area contributed by atoms with E-state index in [1.165, 1.54) is 17.4 Å². The summed E-state index contributed by atoms with van der Waals surface area (Å²) >= 11 is 1.54. The van der Waals surface area contributed by atoms with Crippen molar-refractivity contribution in [2.24, 2.45) is 0 Å². The predicted octanol–water partition coefficient (Wildman–Crippen LogP) is 2.56. The van der Waals surface area contributed by atoms with Crippen LogP contribution in [0, 0.1) is 0 Å². The van der Waals surface area contributed by atoms with E-state index in [9.17, 15) is 4.79 Å².